The molecule has 0 unspecified atom stereocenters. The highest BCUT2D eigenvalue weighted by atomic mass is 32.2. The molecule has 1 saturated carbocycles. The predicted molar refractivity (Wildman–Crippen MR) is 108 cm³/mol. The summed E-state index contributed by atoms with van der Waals surface area (Å²) in [6.45, 7) is -2.55. The first-order valence-corrected chi connectivity index (χ1v) is 11.4. The number of rotatable bonds is 8. The quantitative estimate of drug-likeness (QED) is 0.683. The average Bonchev–Trinajstić information content (AvgIpc) is 3.22. The molecule has 164 valence electrons. The Kier molecular flexibility index (Phi) is 7.19. The lowest BCUT2D eigenvalue weighted by molar-refractivity contribution is 0.0670. The molecule has 7 nitrogen and oxygen atoms in total. The third-order valence-corrected chi connectivity index (χ3v) is 7.40. The van der Waals surface area contributed by atoms with Crippen LogP contribution in [0, 0.1) is 0 Å². The Labute approximate surface area is 175 Å². The van der Waals surface area contributed by atoms with Crippen LogP contribution in [0.25, 0.3) is 0 Å². The molecule has 1 N–H and O–H groups in total. The summed E-state index contributed by atoms with van der Waals surface area (Å²) >= 11 is 0. The SMILES string of the molecule is CN(C1CCCCC1)S(=O)(=O)c1ccc(C(=O)NCCc2nccn2C(F)F)cc1. The number of alkyl halides is 2. The monoisotopic (exact) mass is 440 g/mol. The van der Waals surface area contributed by atoms with E-state index in [1.54, 1.807) is 7.05 Å². The van der Waals surface area contributed by atoms with E-state index in [0.717, 1.165) is 36.7 Å². The smallest absolute Gasteiger partial charge is 0.319 e. The van der Waals surface area contributed by atoms with Gasteiger partial charge in [0.15, 0.2) is 0 Å². The number of benzene rings is 1. The number of aromatic nitrogens is 2. The first kappa shape index (κ1) is 22.4. The number of imidazole rings is 1. The van der Waals surface area contributed by atoms with Gasteiger partial charge in [0.1, 0.15) is 5.82 Å². The summed E-state index contributed by atoms with van der Waals surface area (Å²) in [4.78, 5) is 16.3. The zero-order valence-corrected chi connectivity index (χ0v) is 17.6. The van der Waals surface area contributed by atoms with Crippen LogP contribution in [-0.2, 0) is 16.4 Å². The van der Waals surface area contributed by atoms with E-state index in [1.807, 2.05) is 0 Å². The summed E-state index contributed by atoms with van der Waals surface area (Å²) in [6, 6.07) is 5.77. The van der Waals surface area contributed by atoms with E-state index in [1.165, 1.54) is 41.0 Å². The lowest BCUT2D eigenvalue weighted by Gasteiger charge is -2.30. The molecule has 0 radical (unpaired) electrons. The van der Waals surface area contributed by atoms with Crippen molar-refractivity contribution in [3.63, 3.8) is 0 Å². The van der Waals surface area contributed by atoms with Gasteiger partial charge in [-0.3, -0.25) is 9.36 Å². The first-order chi connectivity index (χ1) is 14.3. The van der Waals surface area contributed by atoms with Gasteiger partial charge in [0, 0.05) is 44.0 Å². The second-order valence-electron chi connectivity index (χ2n) is 7.37. The van der Waals surface area contributed by atoms with Crippen molar-refractivity contribution in [2.24, 2.45) is 0 Å². The molecule has 10 heteroatoms. The lowest BCUT2D eigenvalue weighted by Crippen LogP contribution is -2.38. The number of carbonyl (C=O) groups excluding carboxylic acids is 1. The van der Waals surface area contributed by atoms with E-state index in [0.29, 0.717) is 5.56 Å². The summed E-state index contributed by atoms with van der Waals surface area (Å²) in [6.07, 6.45) is 7.54. The number of hydrogen-bond acceptors (Lipinski definition) is 4. The van der Waals surface area contributed by atoms with E-state index in [9.17, 15) is 22.0 Å². The molecule has 1 amide bonds. The molecule has 1 aromatic carbocycles. The van der Waals surface area contributed by atoms with Crippen molar-refractivity contribution < 1.29 is 22.0 Å². The van der Waals surface area contributed by atoms with Gasteiger partial charge in [-0.1, -0.05) is 19.3 Å². The van der Waals surface area contributed by atoms with Crippen molar-refractivity contribution in [2.75, 3.05) is 13.6 Å². The fraction of sp³-hybridized carbons (Fsp3) is 0.500. The van der Waals surface area contributed by atoms with Gasteiger partial charge in [-0.05, 0) is 37.1 Å². The van der Waals surface area contributed by atoms with E-state index in [2.05, 4.69) is 10.3 Å². The molecular formula is C20H26F2N4O3S. The molecule has 1 fully saturated rings. The Balaban J connectivity index is 1.59. The minimum absolute atomic E-state index is 0.00696. The molecule has 0 saturated heterocycles. The van der Waals surface area contributed by atoms with Crippen LogP contribution in [0.3, 0.4) is 0 Å². The average molecular weight is 441 g/mol. The topological polar surface area (TPSA) is 84.3 Å². The van der Waals surface area contributed by atoms with Crippen molar-refractivity contribution in [2.45, 2.75) is 56.0 Å². The van der Waals surface area contributed by atoms with Gasteiger partial charge in [0.05, 0.1) is 4.90 Å². The van der Waals surface area contributed by atoms with Gasteiger partial charge in [0.2, 0.25) is 10.0 Å². The number of carbonyl (C=O) groups is 1. The van der Waals surface area contributed by atoms with Crippen LogP contribution in [0.1, 0.15) is 54.8 Å². The molecule has 0 atom stereocenters. The van der Waals surface area contributed by atoms with Crippen molar-refractivity contribution >= 4 is 15.9 Å². The minimum atomic E-state index is -3.62. The highest BCUT2D eigenvalue weighted by molar-refractivity contribution is 7.89. The van der Waals surface area contributed by atoms with Gasteiger partial charge in [-0.25, -0.2) is 13.4 Å². The summed E-state index contributed by atoms with van der Waals surface area (Å²) in [7, 11) is -2.01. The van der Waals surface area contributed by atoms with Gasteiger partial charge in [-0.15, -0.1) is 0 Å². The standard InChI is InChI=1S/C20H26F2N4O3S/c1-25(16-5-3-2-4-6-16)30(28,29)17-9-7-15(8-10-17)19(27)24-12-11-18-23-13-14-26(18)20(21)22/h7-10,13-14,16,20H,2-6,11-12H2,1H3,(H,24,27). The number of nitrogens with one attached hydrogen (secondary N) is 1. The first-order valence-electron chi connectivity index (χ1n) is 9.97. The van der Waals surface area contributed by atoms with Gasteiger partial charge < -0.3 is 5.32 Å². The molecule has 30 heavy (non-hydrogen) atoms. The number of sulfonamides is 1. The van der Waals surface area contributed by atoms with E-state index in [4.69, 9.17) is 0 Å². The molecule has 1 aliphatic rings. The Bertz CT molecular complexity index is 955. The molecule has 0 spiro atoms. The summed E-state index contributed by atoms with van der Waals surface area (Å²) in [5.41, 5.74) is 0.298. The minimum Gasteiger partial charge on any atom is -0.352 e. The summed E-state index contributed by atoms with van der Waals surface area (Å²) < 4.78 is 53.5. The molecule has 0 bridgehead atoms. The van der Waals surface area contributed by atoms with Crippen molar-refractivity contribution in [3.05, 3.63) is 48.0 Å². The van der Waals surface area contributed by atoms with Crippen LogP contribution in [-0.4, -0.2) is 47.8 Å². The zero-order chi connectivity index (χ0) is 21.7. The van der Waals surface area contributed by atoms with Gasteiger partial charge in [0.25, 0.3) is 5.91 Å². The Hall–Kier alpha value is -2.33. The maximum absolute atomic E-state index is 12.9. The predicted octanol–water partition coefficient (Wildman–Crippen LogP) is 3.20. The second kappa shape index (κ2) is 9.65. The van der Waals surface area contributed by atoms with Crippen LogP contribution >= 0.6 is 0 Å². The third kappa shape index (κ3) is 5.04. The number of hydrogen-bond donors (Lipinski definition) is 1. The van der Waals surface area contributed by atoms with Crippen molar-refractivity contribution in [3.8, 4) is 0 Å². The van der Waals surface area contributed by atoms with E-state index in [-0.39, 0.29) is 29.7 Å². The maximum Gasteiger partial charge on any atom is 0.319 e. The largest absolute Gasteiger partial charge is 0.352 e. The highest BCUT2D eigenvalue weighted by Crippen LogP contribution is 2.26. The zero-order valence-electron chi connectivity index (χ0n) is 16.8. The van der Waals surface area contributed by atoms with Crippen LogP contribution in [0.5, 0.6) is 0 Å². The number of amides is 1. The molecule has 1 heterocycles. The fourth-order valence-electron chi connectivity index (χ4n) is 3.69. The number of halogens is 2. The van der Waals surface area contributed by atoms with E-state index < -0.39 is 22.5 Å². The summed E-state index contributed by atoms with van der Waals surface area (Å²) in [5.74, 6) is -0.229. The van der Waals surface area contributed by atoms with Crippen molar-refractivity contribution in [1.82, 2.24) is 19.2 Å². The van der Waals surface area contributed by atoms with E-state index >= 15 is 0 Å². The number of nitrogens with zero attached hydrogens (tertiary/aromatic N) is 3. The fourth-order valence-corrected chi connectivity index (χ4v) is 5.11. The van der Waals surface area contributed by atoms with Crippen LogP contribution in [0.4, 0.5) is 8.78 Å². The van der Waals surface area contributed by atoms with Crippen LogP contribution < -0.4 is 5.32 Å². The van der Waals surface area contributed by atoms with Gasteiger partial charge in [-0.2, -0.15) is 13.1 Å². The maximum atomic E-state index is 12.9. The molecule has 3 rings (SSSR count). The molecule has 1 aromatic heterocycles. The lowest BCUT2D eigenvalue weighted by atomic mass is 9.96. The Morgan fingerprint density at radius 3 is 2.53 bits per heavy atom. The summed E-state index contributed by atoms with van der Waals surface area (Å²) in [5, 5.41) is 2.64. The normalized spacial score (nSPS) is 15.6. The van der Waals surface area contributed by atoms with Crippen LogP contribution in [0.2, 0.25) is 0 Å². The Morgan fingerprint density at radius 2 is 1.90 bits per heavy atom. The molecule has 1 aliphatic carbocycles. The molecule has 0 aliphatic heterocycles. The third-order valence-electron chi connectivity index (χ3n) is 5.48. The highest BCUT2D eigenvalue weighted by Gasteiger charge is 2.29. The molecular weight excluding hydrogens is 414 g/mol. The molecule has 2 aromatic rings. The second-order valence-corrected chi connectivity index (χ2v) is 9.37. The van der Waals surface area contributed by atoms with Crippen molar-refractivity contribution in [1.29, 1.82) is 0 Å². The Morgan fingerprint density at radius 1 is 1.23 bits per heavy atom. The van der Waals surface area contributed by atoms with Gasteiger partial charge >= 0.3 is 6.55 Å². The van der Waals surface area contributed by atoms with Crippen LogP contribution in [0.15, 0.2) is 41.6 Å².